The molecule has 0 amide bonds. The maximum Gasteiger partial charge on any atom is 1.00 e. The van der Waals surface area contributed by atoms with Crippen LogP contribution >= 0.6 is 0 Å². The summed E-state index contributed by atoms with van der Waals surface area (Å²) in [6, 6.07) is 0. The van der Waals surface area contributed by atoms with Crippen molar-refractivity contribution < 1.29 is 29.4 Å². The van der Waals surface area contributed by atoms with Crippen LogP contribution in [0.25, 0.3) is 0 Å². The van der Waals surface area contributed by atoms with Gasteiger partial charge in [-0.3, -0.25) is 0 Å². The molecule has 0 radical (unpaired) electrons. The molecule has 0 aliphatic heterocycles. The molecule has 0 saturated carbocycles. The van der Waals surface area contributed by atoms with Crippen molar-refractivity contribution in [3.8, 4) is 0 Å². The first-order chi connectivity index (χ1) is 2.81. The molecule has 0 bridgehead atoms. The molecule has 8 heavy (non-hydrogen) atoms. The molecular formula is C4H12LiNO2. The molecule has 0 aliphatic carbocycles. The van der Waals surface area contributed by atoms with Gasteiger partial charge in [-0.15, -0.1) is 0 Å². The van der Waals surface area contributed by atoms with Gasteiger partial charge in [0.2, 0.25) is 0 Å². The van der Waals surface area contributed by atoms with Crippen LogP contribution in [0.3, 0.4) is 0 Å². The number of hydrogen-bond acceptors (Lipinski definition) is 3. The third-order valence-corrected chi connectivity index (χ3v) is 0.714. The summed E-state index contributed by atoms with van der Waals surface area (Å²) in [4.78, 5) is 0. The van der Waals surface area contributed by atoms with Gasteiger partial charge in [-0.05, 0) is 12.5 Å². The molecule has 4 heteroatoms. The van der Waals surface area contributed by atoms with Gasteiger partial charge in [0.25, 0.3) is 0 Å². The Bertz CT molecular complexity index is 33.2. The summed E-state index contributed by atoms with van der Waals surface area (Å²) in [5.74, 6) is 0.269. The zero-order valence-corrected chi connectivity index (χ0v) is 5.46. The van der Waals surface area contributed by atoms with Crippen LogP contribution in [-0.2, 0) is 0 Å². The van der Waals surface area contributed by atoms with Crippen LogP contribution in [0.4, 0.5) is 0 Å². The second kappa shape index (κ2) is 10.5. The summed E-state index contributed by atoms with van der Waals surface area (Å²) in [5, 5.41) is 8.25. The molecule has 0 aromatic rings. The molecule has 1 atom stereocenters. The van der Waals surface area contributed by atoms with Gasteiger partial charge in [-0.1, -0.05) is 6.92 Å². The minimum absolute atomic E-state index is 0. The molecule has 0 fully saturated rings. The Morgan fingerprint density at radius 2 is 2.00 bits per heavy atom. The summed E-state index contributed by atoms with van der Waals surface area (Å²) < 4.78 is 0. The third kappa shape index (κ3) is 9.69. The fourth-order valence-corrected chi connectivity index (χ4v) is 0.0745. The van der Waals surface area contributed by atoms with E-state index in [2.05, 4.69) is 0 Å². The molecule has 4 N–H and O–H groups in total. The van der Waals surface area contributed by atoms with Crippen LogP contribution in [0.2, 0.25) is 0 Å². The van der Waals surface area contributed by atoms with Crippen LogP contribution in [0.15, 0.2) is 0 Å². The minimum atomic E-state index is 0. The van der Waals surface area contributed by atoms with E-state index in [9.17, 15) is 0 Å². The zero-order valence-electron chi connectivity index (χ0n) is 5.46. The van der Waals surface area contributed by atoms with Crippen molar-refractivity contribution in [3.05, 3.63) is 0 Å². The minimum Gasteiger partial charge on any atom is -0.870 e. The standard InChI is InChI=1S/C4H11NO.Li.H2O/c1-4(2-5)3-6;;/h4,6H,2-3,5H2,1H3;;1H2/q;+1;/p-1. The van der Waals surface area contributed by atoms with Crippen molar-refractivity contribution in [3.63, 3.8) is 0 Å². The van der Waals surface area contributed by atoms with Gasteiger partial charge in [-0.2, -0.15) is 0 Å². The SMILES string of the molecule is CC(CN)CO.[Li+].[OH-]. The molecule has 0 saturated heterocycles. The molecule has 0 aliphatic rings. The van der Waals surface area contributed by atoms with Crippen molar-refractivity contribution in [1.29, 1.82) is 0 Å². The monoisotopic (exact) mass is 113 g/mol. The Kier molecular flexibility index (Phi) is 20.7. The maximum atomic E-state index is 8.25. The van der Waals surface area contributed by atoms with Crippen molar-refractivity contribution in [1.82, 2.24) is 0 Å². The molecule has 0 rings (SSSR count). The number of rotatable bonds is 2. The van der Waals surface area contributed by atoms with E-state index >= 15 is 0 Å². The second-order valence-electron chi connectivity index (χ2n) is 1.52. The Morgan fingerprint density at radius 3 is 2.00 bits per heavy atom. The Morgan fingerprint density at radius 1 is 1.62 bits per heavy atom. The zero-order chi connectivity index (χ0) is 4.99. The maximum absolute atomic E-state index is 8.25. The number of hydrogen-bond donors (Lipinski definition) is 2. The van der Waals surface area contributed by atoms with Gasteiger partial charge < -0.3 is 16.3 Å². The summed E-state index contributed by atoms with van der Waals surface area (Å²) in [5.41, 5.74) is 5.12. The topological polar surface area (TPSA) is 76.2 Å². The molecule has 0 aromatic heterocycles. The molecule has 46 valence electrons. The van der Waals surface area contributed by atoms with Crippen LogP contribution < -0.4 is 24.6 Å². The summed E-state index contributed by atoms with van der Waals surface area (Å²) in [7, 11) is 0. The smallest absolute Gasteiger partial charge is 0.870 e. The summed E-state index contributed by atoms with van der Waals surface area (Å²) in [6.07, 6.45) is 0. The first-order valence-corrected chi connectivity index (χ1v) is 2.12. The Balaban J connectivity index is -0.000000125. The van der Waals surface area contributed by atoms with Gasteiger partial charge in [-0.25, -0.2) is 0 Å². The average Bonchev–Trinajstić information content (AvgIpc) is 1.65. The van der Waals surface area contributed by atoms with E-state index in [0.717, 1.165) is 0 Å². The fourth-order valence-electron chi connectivity index (χ4n) is 0.0745. The van der Waals surface area contributed by atoms with E-state index in [4.69, 9.17) is 10.8 Å². The van der Waals surface area contributed by atoms with Crippen molar-refractivity contribution in [2.45, 2.75) is 6.92 Å². The summed E-state index contributed by atoms with van der Waals surface area (Å²) >= 11 is 0. The van der Waals surface area contributed by atoms with E-state index < -0.39 is 0 Å². The molecule has 3 nitrogen and oxygen atoms in total. The molecule has 0 heterocycles. The summed E-state index contributed by atoms with van der Waals surface area (Å²) in [6.45, 7) is 2.69. The first kappa shape index (κ1) is 15.8. The predicted molar refractivity (Wildman–Crippen MR) is 27.2 cm³/mol. The van der Waals surface area contributed by atoms with E-state index in [-0.39, 0.29) is 36.9 Å². The predicted octanol–water partition coefficient (Wildman–Crippen LogP) is -3.60. The number of aliphatic hydroxyl groups is 1. The normalized spacial score (nSPS) is 10.9. The van der Waals surface area contributed by atoms with E-state index in [1.807, 2.05) is 6.92 Å². The quantitative estimate of drug-likeness (QED) is 0.363. The molecule has 1 unspecified atom stereocenters. The van der Waals surface area contributed by atoms with Crippen LogP contribution in [-0.4, -0.2) is 23.7 Å². The molecular weight excluding hydrogens is 101 g/mol. The van der Waals surface area contributed by atoms with Crippen LogP contribution in [0.1, 0.15) is 6.92 Å². The van der Waals surface area contributed by atoms with Crippen LogP contribution in [0, 0.1) is 5.92 Å². The van der Waals surface area contributed by atoms with Gasteiger partial charge in [0.05, 0.1) is 0 Å². The van der Waals surface area contributed by atoms with Gasteiger partial charge >= 0.3 is 18.9 Å². The number of aliphatic hydroxyl groups excluding tert-OH is 1. The van der Waals surface area contributed by atoms with Crippen molar-refractivity contribution in [2.75, 3.05) is 13.2 Å². The number of nitrogens with two attached hydrogens (primary N) is 1. The van der Waals surface area contributed by atoms with Crippen molar-refractivity contribution >= 4 is 0 Å². The first-order valence-electron chi connectivity index (χ1n) is 2.12. The fraction of sp³-hybridized carbons (Fsp3) is 1.00. The second-order valence-corrected chi connectivity index (χ2v) is 1.52. The van der Waals surface area contributed by atoms with Crippen LogP contribution in [0.5, 0.6) is 0 Å². The van der Waals surface area contributed by atoms with E-state index in [1.165, 1.54) is 0 Å². The van der Waals surface area contributed by atoms with E-state index in [0.29, 0.717) is 6.54 Å². The largest absolute Gasteiger partial charge is 1.00 e. The molecule has 0 aromatic carbocycles. The van der Waals surface area contributed by atoms with Gasteiger partial charge in [0, 0.05) is 6.61 Å². The Hall–Kier alpha value is 0.477. The van der Waals surface area contributed by atoms with Gasteiger partial charge in [0.1, 0.15) is 0 Å². The van der Waals surface area contributed by atoms with E-state index in [1.54, 1.807) is 0 Å². The van der Waals surface area contributed by atoms with Gasteiger partial charge in [0.15, 0.2) is 0 Å². The average molecular weight is 113 g/mol. The van der Waals surface area contributed by atoms with Crippen molar-refractivity contribution in [2.24, 2.45) is 11.7 Å². The Labute approximate surface area is 61.7 Å². The molecule has 0 spiro atoms. The third-order valence-electron chi connectivity index (χ3n) is 0.714.